The van der Waals surface area contributed by atoms with E-state index >= 15 is 0 Å². The molecule has 172 valence electrons. The Hall–Kier alpha value is -2.91. The molecule has 2 aromatic carbocycles. The zero-order valence-corrected chi connectivity index (χ0v) is 19.3. The Balaban J connectivity index is 1.32. The van der Waals surface area contributed by atoms with Crippen LogP contribution >= 0.6 is 23.1 Å². The van der Waals surface area contributed by atoms with Gasteiger partial charge in [-0.15, -0.1) is 11.8 Å². The maximum absolute atomic E-state index is 13.6. The molecule has 7 atom stereocenters. The number of aromatic amines is 1. The highest BCUT2D eigenvalue weighted by Gasteiger charge is 2.69. The van der Waals surface area contributed by atoms with Crippen LogP contribution in [0.3, 0.4) is 0 Å². The van der Waals surface area contributed by atoms with E-state index in [1.807, 2.05) is 12.1 Å². The molecule has 3 heterocycles. The summed E-state index contributed by atoms with van der Waals surface area (Å²) in [5.74, 6) is -1.36. The SMILES string of the molecule is O=C1[C@@H]2[C@H]3C[C@@H]([C@@H]2C(=O)N1c1ccc(F)cc1)[C@@H]1[C@H](c2ccc(O)cc2)c2sc(=O)[nH]c2S[C@H]31. The topological polar surface area (TPSA) is 90.5 Å². The number of nitrogens with one attached hydrogen (secondary N) is 1. The van der Waals surface area contributed by atoms with Gasteiger partial charge in [0.2, 0.25) is 11.8 Å². The highest BCUT2D eigenvalue weighted by atomic mass is 32.2. The number of aromatic nitrogens is 1. The summed E-state index contributed by atoms with van der Waals surface area (Å²) in [7, 11) is 0. The second-order valence-corrected chi connectivity index (χ2v) is 11.7. The quantitative estimate of drug-likeness (QED) is 0.527. The number of thioether (sulfide) groups is 1. The van der Waals surface area contributed by atoms with Gasteiger partial charge in [0.05, 0.1) is 22.5 Å². The van der Waals surface area contributed by atoms with Gasteiger partial charge in [0.25, 0.3) is 0 Å². The highest BCUT2D eigenvalue weighted by molar-refractivity contribution is 8.00. The Kier molecular flexibility index (Phi) is 4.24. The Labute approximate surface area is 201 Å². The predicted octanol–water partition coefficient (Wildman–Crippen LogP) is 3.96. The molecule has 9 heteroatoms. The van der Waals surface area contributed by atoms with Crippen LogP contribution in [0.1, 0.15) is 22.8 Å². The smallest absolute Gasteiger partial charge is 0.305 e. The molecule has 1 aromatic heterocycles. The van der Waals surface area contributed by atoms with E-state index < -0.39 is 11.7 Å². The standard InChI is InChI=1S/C25H19FN2O4S2/c26-11-3-5-12(6-4-11)28-23(30)18-14-9-15(19(18)24(28)31)20-17(14)16(10-1-7-13(29)8-2-10)21-22(33-20)27-25(32)34-21/h1-8,14-20,29H,9H2,(H,27,32)/t14-,15-,16+,17-,18+,19-,20-/m1/s1. The first-order valence-electron chi connectivity index (χ1n) is 11.2. The van der Waals surface area contributed by atoms with Crippen LogP contribution in [0.15, 0.2) is 58.4 Å². The molecule has 7 rings (SSSR count). The molecule has 0 spiro atoms. The molecular formula is C25H19FN2O4S2. The molecule has 0 radical (unpaired) electrons. The first-order chi connectivity index (χ1) is 16.4. The zero-order valence-electron chi connectivity index (χ0n) is 17.7. The third-order valence-electron chi connectivity index (χ3n) is 8.06. The summed E-state index contributed by atoms with van der Waals surface area (Å²) in [5.41, 5.74) is 1.42. The summed E-state index contributed by atoms with van der Waals surface area (Å²) >= 11 is 2.84. The van der Waals surface area contributed by atoms with Crippen LogP contribution in [0.25, 0.3) is 0 Å². The van der Waals surface area contributed by atoms with Gasteiger partial charge >= 0.3 is 4.87 Å². The lowest BCUT2D eigenvalue weighted by Gasteiger charge is -2.43. The molecule has 2 aliphatic carbocycles. The lowest BCUT2D eigenvalue weighted by Crippen LogP contribution is -2.42. The van der Waals surface area contributed by atoms with Crippen LogP contribution in [-0.2, 0) is 9.59 Å². The van der Waals surface area contributed by atoms with Crippen molar-refractivity contribution in [3.63, 3.8) is 0 Å². The molecule has 2 aliphatic heterocycles. The normalized spacial score (nSPS) is 33.2. The molecular weight excluding hydrogens is 475 g/mol. The molecule has 6 nitrogen and oxygen atoms in total. The van der Waals surface area contributed by atoms with Crippen molar-refractivity contribution in [3.05, 3.63) is 74.5 Å². The van der Waals surface area contributed by atoms with Gasteiger partial charge in [0.15, 0.2) is 0 Å². The number of nitrogens with zero attached hydrogens (tertiary/aromatic N) is 1. The summed E-state index contributed by atoms with van der Waals surface area (Å²) in [6.45, 7) is 0. The van der Waals surface area contributed by atoms with Crippen molar-refractivity contribution in [1.82, 2.24) is 4.98 Å². The van der Waals surface area contributed by atoms with Gasteiger partial charge in [0, 0.05) is 16.0 Å². The van der Waals surface area contributed by atoms with Crippen LogP contribution in [0.5, 0.6) is 5.75 Å². The van der Waals surface area contributed by atoms with E-state index in [0.29, 0.717) is 5.69 Å². The number of amides is 2. The Morgan fingerprint density at radius 3 is 2.32 bits per heavy atom. The van der Waals surface area contributed by atoms with Crippen molar-refractivity contribution in [2.24, 2.45) is 29.6 Å². The van der Waals surface area contributed by atoms with Crippen molar-refractivity contribution in [1.29, 1.82) is 0 Å². The van der Waals surface area contributed by atoms with Crippen molar-refractivity contribution in [2.45, 2.75) is 22.6 Å². The number of benzene rings is 2. The minimum Gasteiger partial charge on any atom is -0.508 e. The van der Waals surface area contributed by atoms with Gasteiger partial charge in [-0.3, -0.25) is 19.3 Å². The number of carbonyl (C=O) groups excluding carboxylic acids is 2. The number of H-pyrrole nitrogens is 1. The third-order valence-corrected chi connectivity index (χ3v) is 10.6. The van der Waals surface area contributed by atoms with Crippen molar-refractivity contribution >= 4 is 40.6 Å². The van der Waals surface area contributed by atoms with Gasteiger partial charge in [0.1, 0.15) is 11.6 Å². The molecule has 34 heavy (non-hydrogen) atoms. The molecule has 0 unspecified atom stereocenters. The number of imide groups is 1. The largest absolute Gasteiger partial charge is 0.508 e. The van der Waals surface area contributed by atoms with Crippen molar-refractivity contribution in [2.75, 3.05) is 4.90 Å². The predicted molar refractivity (Wildman–Crippen MR) is 125 cm³/mol. The Morgan fingerprint density at radius 1 is 0.941 bits per heavy atom. The van der Waals surface area contributed by atoms with Gasteiger partial charge < -0.3 is 10.1 Å². The average Bonchev–Trinajstić information content (AvgIpc) is 3.54. The summed E-state index contributed by atoms with van der Waals surface area (Å²) < 4.78 is 13.5. The minimum absolute atomic E-state index is 0.0125. The monoisotopic (exact) mass is 494 g/mol. The van der Waals surface area contributed by atoms with E-state index in [9.17, 15) is 23.9 Å². The fourth-order valence-electron chi connectivity index (χ4n) is 6.92. The van der Waals surface area contributed by atoms with Gasteiger partial charge in [-0.05, 0) is 66.1 Å². The van der Waals surface area contributed by atoms with E-state index in [0.717, 1.165) is 21.9 Å². The van der Waals surface area contributed by atoms with E-state index in [-0.39, 0.29) is 57.3 Å². The lowest BCUT2D eigenvalue weighted by atomic mass is 9.68. The van der Waals surface area contributed by atoms with Crippen LogP contribution < -0.4 is 9.77 Å². The van der Waals surface area contributed by atoms with Gasteiger partial charge in [-0.2, -0.15) is 0 Å². The Morgan fingerprint density at radius 2 is 1.62 bits per heavy atom. The first-order valence-corrected chi connectivity index (χ1v) is 12.9. The zero-order chi connectivity index (χ0) is 23.3. The molecule has 2 bridgehead atoms. The number of thiazole rings is 1. The molecule has 3 aromatic rings. The number of hydrogen-bond acceptors (Lipinski definition) is 6. The minimum atomic E-state index is -0.414. The molecule has 4 aliphatic rings. The van der Waals surface area contributed by atoms with Crippen LogP contribution in [-0.4, -0.2) is 27.2 Å². The number of aromatic hydroxyl groups is 1. The second kappa shape index (κ2) is 7.05. The maximum atomic E-state index is 13.6. The molecule has 2 N–H and O–H groups in total. The third kappa shape index (κ3) is 2.65. The number of halogens is 1. The number of hydrogen-bond donors (Lipinski definition) is 2. The molecule has 2 amide bonds. The number of fused-ring (bicyclic) bond motifs is 9. The van der Waals surface area contributed by atoms with Gasteiger partial charge in [-0.25, -0.2) is 4.39 Å². The summed E-state index contributed by atoms with van der Waals surface area (Å²) in [6, 6.07) is 12.6. The Bertz CT molecular complexity index is 1400. The van der Waals surface area contributed by atoms with E-state index in [1.54, 1.807) is 23.9 Å². The number of anilines is 1. The van der Waals surface area contributed by atoms with Crippen molar-refractivity contribution < 1.29 is 19.1 Å². The summed E-state index contributed by atoms with van der Waals surface area (Å²) in [4.78, 5) is 44.5. The second-order valence-electron chi connectivity index (χ2n) is 9.54. The van der Waals surface area contributed by atoms with Crippen LogP contribution in [0.4, 0.5) is 10.1 Å². The molecule has 1 saturated heterocycles. The average molecular weight is 495 g/mol. The molecule has 2 saturated carbocycles. The number of phenols is 1. The summed E-state index contributed by atoms with van der Waals surface area (Å²) in [6.07, 6.45) is 0.806. The van der Waals surface area contributed by atoms with E-state index in [2.05, 4.69) is 4.98 Å². The highest BCUT2D eigenvalue weighted by Crippen LogP contribution is 2.68. The number of phenolic OH excluding ortho intramolecular Hbond substituents is 1. The maximum Gasteiger partial charge on any atom is 0.305 e. The fraction of sp³-hybridized carbons (Fsp3) is 0.320. The van der Waals surface area contributed by atoms with E-state index in [1.165, 1.54) is 40.5 Å². The van der Waals surface area contributed by atoms with Gasteiger partial charge in [-0.1, -0.05) is 23.5 Å². The molecule has 3 fully saturated rings. The number of rotatable bonds is 2. The number of carbonyl (C=O) groups is 2. The van der Waals surface area contributed by atoms with Crippen molar-refractivity contribution in [3.8, 4) is 5.75 Å². The van der Waals surface area contributed by atoms with Crippen LogP contribution in [0, 0.1) is 35.4 Å². The lowest BCUT2D eigenvalue weighted by molar-refractivity contribution is -0.123. The fourth-order valence-corrected chi connectivity index (χ4v) is 9.81. The summed E-state index contributed by atoms with van der Waals surface area (Å²) in [5, 5.41) is 10.8. The van der Waals surface area contributed by atoms with Crippen LogP contribution in [0.2, 0.25) is 0 Å². The van der Waals surface area contributed by atoms with E-state index in [4.69, 9.17) is 0 Å². The first kappa shape index (κ1) is 20.5.